The van der Waals surface area contributed by atoms with E-state index in [2.05, 4.69) is 0 Å². The molecular formula is C10H9BFN2O+. The molecule has 15 heavy (non-hydrogen) atoms. The van der Waals surface area contributed by atoms with E-state index in [0.29, 0.717) is 5.76 Å². The van der Waals surface area contributed by atoms with Crippen molar-refractivity contribution in [2.75, 3.05) is 7.11 Å². The lowest BCUT2D eigenvalue weighted by atomic mass is 9.98. The zero-order valence-corrected chi connectivity index (χ0v) is 8.22. The Morgan fingerprint density at radius 3 is 3.20 bits per heavy atom. The summed E-state index contributed by atoms with van der Waals surface area (Å²) in [6.45, 7) is 0. The van der Waals surface area contributed by atoms with E-state index in [-0.39, 0.29) is 0 Å². The van der Waals surface area contributed by atoms with Gasteiger partial charge in [-0.3, -0.25) is 4.48 Å². The predicted molar refractivity (Wildman–Crippen MR) is 56.1 cm³/mol. The third-order valence-electron chi connectivity index (χ3n) is 2.69. The summed E-state index contributed by atoms with van der Waals surface area (Å²) in [5.74, 6) is 0.707. The number of allylic oxidation sites excluding steroid dienone is 2. The van der Waals surface area contributed by atoms with Crippen LogP contribution in [0.4, 0.5) is 4.32 Å². The highest BCUT2D eigenvalue weighted by Gasteiger charge is 2.47. The zero-order valence-electron chi connectivity index (χ0n) is 8.22. The molecule has 0 atom stereocenters. The second-order valence-electron chi connectivity index (χ2n) is 3.45. The van der Waals surface area contributed by atoms with Gasteiger partial charge in [0.2, 0.25) is 11.5 Å². The number of nitrogens with zero attached hydrogens (tertiary/aromatic N) is 2. The second kappa shape index (κ2) is 2.86. The maximum atomic E-state index is 14.0. The van der Waals surface area contributed by atoms with Crippen molar-refractivity contribution >= 4 is 19.2 Å². The summed E-state index contributed by atoms with van der Waals surface area (Å²) >= 11 is 0. The first-order valence-corrected chi connectivity index (χ1v) is 4.72. The lowest BCUT2D eigenvalue weighted by Gasteiger charge is -2.16. The van der Waals surface area contributed by atoms with Gasteiger partial charge >= 0.3 is 7.26 Å². The van der Waals surface area contributed by atoms with Crippen LogP contribution in [-0.2, 0) is 4.74 Å². The summed E-state index contributed by atoms with van der Waals surface area (Å²) in [5, 5.41) is 0. The smallest absolute Gasteiger partial charge is 0.489 e. The number of halogens is 1. The molecule has 0 N–H and O–H groups in total. The minimum absolute atomic E-state index is 0.707. The van der Waals surface area contributed by atoms with Crippen molar-refractivity contribution in [2.24, 2.45) is 0 Å². The Labute approximate surface area is 87.0 Å². The molecule has 0 radical (unpaired) electrons. The SMILES string of the molecule is COC1=C2C=CC=[N+]2B(F)n2cccc21. The van der Waals surface area contributed by atoms with Crippen LogP contribution in [0.5, 0.6) is 0 Å². The molecule has 74 valence electrons. The molecular weight excluding hydrogens is 194 g/mol. The van der Waals surface area contributed by atoms with Gasteiger partial charge < -0.3 is 4.74 Å². The monoisotopic (exact) mass is 203 g/mol. The first kappa shape index (κ1) is 8.53. The molecule has 0 aliphatic carbocycles. The van der Waals surface area contributed by atoms with Crippen molar-refractivity contribution < 1.29 is 13.5 Å². The Bertz CT molecular complexity index is 515. The molecule has 0 bridgehead atoms. The van der Waals surface area contributed by atoms with E-state index < -0.39 is 7.26 Å². The van der Waals surface area contributed by atoms with Gasteiger partial charge in [0.15, 0.2) is 0 Å². The van der Waals surface area contributed by atoms with E-state index in [1.807, 2.05) is 24.3 Å². The van der Waals surface area contributed by atoms with E-state index >= 15 is 0 Å². The van der Waals surface area contributed by atoms with E-state index in [0.717, 1.165) is 11.4 Å². The van der Waals surface area contributed by atoms with Crippen molar-refractivity contribution in [3.63, 3.8) is 0 Å². The molecule has 5 heteroatoms. The third kappa shape index (κ3) is 0.974. The van der Waals surface area contributed by atoms with Crippen molar-refractivity contribution in [1.82, 2.24) is 4.48 Å². The second-order valence-corrected chi connectivity index (χ2v) is 3.45. The average molecular weight is 203 g/mol. The van der Waals surface area contributed by atoms with Gasteiger partial charge in [-0.05, 0) is 12.1 Å². The van der Waals surface area contributed by atoms with E-state index in [4.69, 9.17) is 4.74 Å². The summed E-state index contributed by atoms with van der Waals surface area (Å²) in [7, 11) is 0.418. The Hall–Kier alpha value is -1.78. The van der Waals surface area contributed by atoms with Gasteiger partial charge in [-0.25, -0.2) is 8.80 Å². The van der Waals surface area contributed by atoms with Crippen molar-refractivity contribution in [3.8, 4) is 0 Å². The zero-order chi connectivity index (χ0) is 10.4. The van der Waals surface area contributed by atoms with Gasteiger partial charge in [-0.2, -0.15) is 0 Å². The molecule has 1 aromatic heterocycles. The Balaban J connectivity index is 2.30. The average Bonchev–Trinajstić information content (AvgIpc) is 2.85. The number of hydrogen-bond donors (Lipinski definition) is 0. The largest absolute Gasteiger partial charge is 0.846 e. The molecule has 3 rings (SSSR count). The van der Waals surface area contributed by atoms with Crippen LogP contribution in [-0.4, -0.2) is 29.5 Å². The summed E-state index contributed by atoms with van der Waals surface area (Å²) in [6, 6.07) is 3.66. The molecule has 1 aromatic rings. The maximum Gasteiger partial charge on any atom is 0.846 e. The van der Waals surface area contributed by atoms with E-state index in [1.54, 1.807) is 28.5 Å². The molecule has 0 fully saturated rings. The van der Waals surface area contributed by atoms with Gasteiger partial charge in [0.1, 0.15) is 6.21 Å². The molecule has 0 spiro atoms. The third-order valence-corrected chi connectivity index (χ3v) is 2.69. The van der Waals surface area contributed by atoms with Gasteiger partial charge in [0.05, 0.1) is 12.8 Å². The van der Waals surface area contributed by atoms with Crippen molar-refractivity contribution in [3.05, 3.63) is 41.9 Å². The summed E-state index contributed by atoms with van der Waals surface area (Å²) in [4.78, 5) is 0. The van der Waals surface area contributed by atoms with Crippen LogP contribution in [0.2, 0.25) is 0 Å². The van der Waals surface area contributed by atoms with Gasteiger partial charge in [-0.1, -0.05) is 0 Å². The molecule has 0 saturated heterocycles. The normalized spacial score (nSPS) is 17.7. The highest BCUT2D eigenvalue weighted by molar-refractivity contribution is 6.42. The van der Waals surface area contributed by atoms with Crippen LogP contribution < -0.4 is 0 Å². The fourth-order valence-corrected chi connectivity index (χ4v) is 2.02. The lowest BCUT2D eigenvalue weighted by molar-refractivity contribution is -0.331. The lowest BCUT2D eigenvalue weighted by Crippen LogP contribution is -2.37. The number of methoxy groups -OCH3 is 1. The van der Waals surface area contributed by atoms with Crippen LogP contribution in [0.15, 0.2) is 36.2 Å². The molecule has 2 aliphatic heterocycles. The highest BCUT2D eigenvalue weighted by atomic mass is 19.1. The maximum absolute atomic E-state index is 14.0. The molecule has 0 aromatic carbocycles. The van der Waals surface area contributed by atoms with E-state index in [1.165, 1.54) is 0 Å². The fraction of sp³-hybridized carbons (Fsp3) is 0.100. The van der Waals surface area contributed by atoms with Crippen LogP contribution in [0.3, 0.4) is 0 Å². The van der Waals surface area contributed by atoms with Crippen LogP contribution >= 0.6 is 0 Å². The topological polar surface area (TPSA) is 17.2 Å². The quantitative estimate of drug-likeness (QED) is 0.628. The van der Waals surface area contributed by atoms with Crippen LogP contribution in [0, 0.1) is 0 Å². The van der Waals surface area contributed by atoms with Gasteiger partial charge in [0.25, 0.3) is 0 Å². The molecule has 3 nitrogen and oxygen atoms in total. The number of rotatable bonds is 1. The number of fused-ring (bicyclic) bond motifs is 2. The first-order chi connectivity index (χ1) is 7.33. The Morgan fingerprint density at radius 1 is 1.53 bits per heavy atom. The summed E-state index contributed by atoms with van der Waals surface area (Å²) in [6.07, 6.45) is 7.08. The molecule has 2 aliphatic rings. The molecule has 0 unspecified atom stereocenters. The summed E-state index contributed by atoms with van der Waals surface area (Å²) in [5.41, 5.74) is 1.55. The highest BCUT2D eigenvalue weighted by Crippen LogP contribution is 2.29. The van der Waals surface area contributed by atoms with Crippen molar-refractivity contribution in [2.45, 2.75) is 0 Å². The minimum Gasteiger partial charge on any atom is -0.489 e. The predicted octanol–water partition coefficient (Wildman–Crippen LogP) is 1.27. The Morgan fingerprint density at radius 2 is 2.40 bits per heavy atom. The van der Waals surface area contributed by atoms with Crippen LogP contribution in [0.25, 0.3) is 5.76 Å². The molecule has 3 heterocycles. The van der Waals surface area contributed by atoms with Gasteiger partial charge in [-0.15, -0.1) is 0 Å². The first-order valence-electron chi connectivity index (χ1n) is 4.72. The number of ether oxygens (including phenoxy) is 1. The molecule has 0 amide bonds. The van der Waals surface area contributed by atoms with Crippen LogP contribution in [0.1, 0.15) is 5.69 Å². The van der Waals surface area contributed by atoms with E-state index in [9.17, 15) is 4.32 Å². The Kier molecular flexibility index (Phi) is 1.62. The van der Waals surface area contributed by atoms with Gasteiger partial charge in [0, 0.05) is 18.3 Å². The standard InChI is InChI=1S/C10H9BFN2O/c1-15-10-8-4-2-6-13(8)11(12)14-7-3-5-9(10)14/h2-7H,1H3/q+1. The summed E-state index contributed by atoms with van der Waals surface area (Å²) < 4.78 is 22.4. The van der Waals surface area contributed by atoms with Crippen molar-refractivity contribution in [1.29, 1.82) is 0 Å². The number of hydrogen-bond acceptors (Lipinski definition) is 1. The molecule has 0 saturated carbocycles. The fourth-order valence-electron chi connectivity index (χ4n) is 2.02. The minimum atomic E-state index is -1.18. The number of aromatic nitrogens is 1.